The largest absolute Gasteiger partial charge is 0.486 e. The summed E-state index contributed by atoms with van der Waals surface area (Å²) < 4.78 is 19.7. The van der Waals surface area contributed by atoms with E-state index in [1.54, 1.807) is 6.92 Å². The molecule has 2 rings (SSSR count). The summed E-state index contributed by atoms with van der Waals surface area (Å²) >= 11 is 14.2. The molecule has 1 aromatic carbocycles. The summed E-state index contributed by atoms with van der Waals surface area (Å²) in [5.41, 5.74) is 1.99. The van der Waals surface area contributed by atoms with Gasteiger partial charge < -0.3 is 15.2 Å². The van der Waals surface area contributed by atoms with Crippen LogP contribution in [0, 0.1) is 11.2 Å². The van der Waals surface area contributed by atoms with Crippen molar-refractivity contribution in [1.29, 1.82) is 5.41 Å². The highest BCUT2D eigenvalue weighted by atomic mass is 127. The maximum Gasteiger partial charge on any atom is 0.167 e. The van der Waals surface area contributed by atoms with E-state index in [-0.39, 0.29) is 12.4 Å². The number of nitrogens with zero attached hydrogens (tertiary/aromatic N) is 1. The van der Waals surface area contributed by atoms with E-state index in [0.29, 0.717) is 38.9 Å². The van der Waals surface area contributed by atoms with Crippen molar-refractivity contribution in [3.8, 4) is 5.75 Å². The van der Waals surface area contributed by atoms with Gasteiger partial charge in [0.1, 0.15) is 6.61 Å². The Morgan fingerprint density at radius 1 is 1.32 bits per heavy atom. The molecule has 4 nitrogen and oxygen atoms in total. The number of hydrogen-bond acceptors (Lipinski definition) is 4. The number of ether oxygens (including phenoxy) is 1. The SMILES string of the molecule is CC.CC(=N)c1cc(OCc2c(Cl)cncc2Cl)c(F)cc1NPI. The average molecular weight is 516 g/mol. The number of nitrogens with one attached hydrogen (secondary N) is 2. The van der Waals surface area contributed by atoms with Gasteiger partial charge in [-0.1, -0.05) is 37.0 Å². The fourth-order valence-electron chi connectivity index (χ4n) is 1.85. The molecule has 0 bridgehead atoms. The van der Waals surface area contributed by atoms with E-state index in [1.807, 2.05) is 13.8 Å². The highest BCUT2D eigenvalue weighted by molar-refractivity contribution is 14.2. The molecule has 0 radical (unpaired) electrons. The maximum absolute atomic E-state index is 14.2. The first-order valence-electron chi connectivity index (χ1n) is 7.35. The molecule has 0 saturated carbocycles. The molecular weight excluding hydrogens is 498 g/mol. The van der Waals surface area contributed by atoms with Gasteiger partial charge in [-0.25, -0.2) is 4.39 Å². The van der Waals surface area contributed by atoms with Gasteiger partial charge in [-0.05, 0) is 35.0 Å². The first-order chi connectivity index (χ1) is 11.9. The zero-order valence-corrected chi connectivity index (χ0v) is 18.6. The molecule has 1 heterocycles. The van der Waals surface area contributed by atoms with Crippen molar-refractivity contribution in [3.63, 3.8) is 0 Å². The third kappa shape index (κ3) is 6.20. The van der Waals surface area contributed by atoms with Gasteiger partial charge >= 0.3 is 0 Å². The van der Waals surface area contributed by atoms with Gasteiger partial charge in [0.15, 0.2) is 11.6 Å². The maximum atomic E-state index is 14.2. The van der Waals surface area contributed by atoms with Crippen LogP contribution < -0.4 is 9.82 Å². The van der Waals surface area contributed by atoms with Gasteiger partial charge in [0, 0.05) is 47.4 Å². The van der Waals surface area contributed by atoms with Crippen molar-refractivity contribution < 1.29 is 9.13 Å². The molecule has 0 spiro atoms. The van der Waals surface area contributed by atoms with Gasteiger partial charge in [-0.2, -0.15) is 0 Å². The summed E-state index contributed by atoms with van der Waals surface area (Å²) in [4.78, 5) is 3.86. The summed E-state index contributed by atoms with van der Waals surface area (Å²) in [6.45, 7) is 5.64. The van der Waals surface area contributed by atoms with Crippen LogP contribution in [0.15, 0.2) is 24.5 Å². The van der Waals surface area contributed by atoms with Crippen molar-refractivity contribution in [3.05, 3.63) is 51.5 Å². The Balaban J connectivity index is 0.00000151. The van der Waals surface area contributed by atoms with Crippen molar-refractivity contribution in [2.24, 2.45) is 0 Å². The van der Waals surface area contributed by atoms with Crippen LogP contribution in [-0.4, -0.2) is 10.7 Å². The van der Waals surface area contributed by atoms with Gasteiger partial charge in [0.2, 0.25) is 0 Å². The van der Waals surface area contributed by atoms with Gasteiger partial charge in [-0.15, -0.1) is 0 Å². The smallest absolute Gasteiger partial charge is 0.167 e. The Kier molecular flexibility index (Phi) is 9.94. The summed E-state index contributed by atoms with van der Waals surface area (Å²) in [7, 11) is 0. The molecule has 1 aromatic heterocycles. The zero-order chi connectivity index (χ0) is 19.0. The van der Waals surface area contributed by atoms with E-state index in [0.717, 1.165) is 0 Å². The van der Waals surface area contributed by atoms with Crippen LogP contribution in [0.4, 0.5) is 10.1 Å². The Bertz CT molecular complexity index is 729. The molecule has 1 atom stereocenters. The molecule has 136 valence electrons. The van der Waals surface area contributed by atoms with Gasteiger partial charge in [0.25, 0.3) is 0 Å². The van der Waals surface area contributed by atoms with E-state index in [4.69, 9.17) is 33.3 Å². The summed E-state index contributed by atoms with van der Waals surface area (Å²) in [5.74, 6) is -0.480. The third-order valence-corrected chi connectivity index (χ3v) is 4.81. The summed E-state index contributed by atoms with van der Waals surface area (Å²) in [6.07, 6.45) is 3.26. The first-order valence-corrected chi connectivity index (χ1v) is 12.2. The first kappa shape index (κ1) is 22.4. The number of rotatable bonds is 6. The second kappa shape index (κ2) is 11.1. The highest BCUT2D eigenvalue weighted by Gasteiger charge is 2.14. The van der Waals surface area contributed by atoms with Crippen LogP contribution in [0.2, 0.25) is 10.0 Å². The normalized spacial score (nSPS) is 10.4. The minimum absolute atomic E-state index is 0.00834. The molecule has 0 amide bonds. The molecule has 0 aliphatic rings. The van der Waals surface area contributed by atoms with E-state index >= 15 is 0 Å². The molecular formula is C16H18Cl2FIN3OP. The quantitative estimate of drug-likeness (QED) is 0.250. The molecule has 2 N–H and O–H groups in total. The number of anilines is 1. The molecule has 2 aromatic rings. The lowest BCUT2D eigenvalue weighted by Gasteiger charge is -2.14. The van der Waals surface area contributed by atoms with Crippen molar-refractivity contribution in [1.82, 2.24) is 4.98 Å². The zero-order valence-electron chi connectivity index (χ0n) is 13.9. The lowest BCUT2D eigenvalue weighted by molar-refractivity contribution is 0.290. The molecule has 0 aliphatic carbocycles. The number of benzene rings is 1. The third-order valence-electron chi connectivity index (χ3n) is 2.98. The lowest BCUT2D eigenvalue weighted by atomic mass is 10.1. The monoisotopic (exact) mass is 515 g/mol. The van der Waals surface area contributed by atoms with Crippen LogP contribution in [0.5, 0.6) is 5.75 Å². The fourth-order valence-corrected chi connectivity index (χ4v) is 3.51. The second-order valence-corrected chi connectivity index (χ2v) is 7.41. The Morgan fingerprint density at radius 2 is 1.92 bits per heavy atom. The van der Waals surface area contributed by atoms with E-state index < -0.39 is 5.82 Å². The van der Waals surface area contributed by atoms with E-state index in [9.17, 15) is 4.39 Å². The van der Waals surface area contributed by atoms with Crippen LogP contribution in [-0.2, 0) is 6.61 Å². The minimum atomic E-state index is -0.520. The number of halogens is 4. The van der Waals surface area contributed by atoms with Crippen LogP contribution >= 0.6 is 51.6 Å². The number of pyridine rings is 1. The summed E-state index contributed by atoms with van der Waals surface area (Å²) in [6, 6.07) is 2.82. The number of hydrogen-bond donors (Lipinski definition) is 2. The Hall–Kier alpha value is -0.690. The molecule has 0 saturated heterocycles. The molecule has 25 heavy (non-hydrogen) atoms. The number of aromatic nitrogens is 1. The molecule has 9 heteroatoms. The predicted molar refractivity (Wildman–Crippen MR) is 115 cm³/mol. The Labute approximate surface area is 171 Å². The van der Waals surface area contributed by atoms with E-state index in [1.165, 1.54) is 24.5 Å². The standard InChI is InChI=1S/C14H12Cl2FIN3OP.C2H6/c1-7(19)8-2-14(12(17)3-13(8)21-23-18)22-6-9-10(15)4-20-5-11(9)16;1-2/h2-5,19,21,23H,6H2,1H3;1-2H3. The molecule has 1 unspecified atom stereocenters. The van der Waals surface area contributed by atoms with Crippen molar-refractivity contribution in [2.45, 2.75) is 27.4 Å². The highest BCUT2D eigenvalue weighted by Crippen LogP contribution is 2.33. The van der Waals surface area contributed by atoms with Crippen molar-refractivity contribution >= 4 is 63.0 Å². The topological polar surface area (TPSA) is 58.0 Å². The average Bonchev–Trinajstić information content (AvgIpc) is 2.58. The van der Waals surface area contributed by atoms with Crippen molar-refractivity contribution in [2.75, 3.05) is 5.09 Å². The summed E-state index contributed by atoms with van der Waals surface area (Å²) in [5, 5.41) is 11.6. The lowest BCUT2D eigenvalue weighted by Crippen LogP contribution is -2.04. The second-order valence-electron chi connectivity index (χ2n) is 4.54. The fraction of sp³-hybridized carbons (Fsp3) is 0.250. The van der Waals surface area contributed by atoms with E-state index in [2.05, 4.69) is 32.1 Å². The molecule has 0 aliphatic heterocycles. The predicted octanol–water partition coefficient (Wildman–Crippen LogP) is 6.88. The van der Waals surface area contributed by atoms with Crippen LogP contribution in [0.3, 0.4) is 0 Å². The molecule has 0 fully saturated rings. The van der Waals surface area contributed by atoms with Crippen LogP contribution in [0.1, 0.15) is 31.9 Å². The van der Waals surface area contributed by atoms with Gasteiger partial charge in [0.05, 0.1) is 10.0 Å². The van der Waals surface area contributed by atoms with Gasteiger partial charge in [-0.3, -0.25) is 4.98 Å². The van der Waals surface area contributed by atoms with Crippen LogP contribution in [0.25, 0.3) is 0 Å². The minimum Gasteiger partial charge on any atom is -0.486 e. The Morgan fingerprint density at radius 3 is 2.44 bits per heavy atom.